The third-order valence-corrected chi connectivity index (χ3v) is 3.86. The Hall–Kier alpha value is -1.55. The first kappa shape index (κ1) is 12.5. The number of carbonyl (C=O) groups is 1. The molecule has 0 amide bonds. The number of nitrogens with zero attached hydrogens (tertiary/aromatic N) is 2. The number of aliphatic carboxylic acids is 1. The quantitative estimate of drug-likeness (QED) is 0.934. The summed E-state index contributed by atoms with van der Waals surface area (Å²) in [5, 5.41) is 9.72. The van der Waals surface area contributed by atoms with Gasteiger partial charge in [-0.2, -0.15) is 0 Å². The Morgan fingerprint density at radius 3 is 3.00 bits per heavy atom. The summed E-state index contributed by atoms with van der Waals surface area (Å²) in [5.74, 6) is -0.0530. The standard InChI is InChI=1S/C14H15ClN2O2/c1-2-5-17-12-4-3-8(15)6-11(12)16-13(17)9-7-10(9)14(18)19/h3-4,6,9-10H,2,5,7H2,1H3,(H,18,19). The molecule has 1 fully saturated rings. The van der Waals surface area contributed by atoms with Crippen molar-refractivity contribution >= 4 is 28.6 Å². The number of fused-ring (bicyclic) bond motifs is 1. The highest BCUT2D eigenvalue weighted by molar-refractivity contribution is 6.31. The van der Waals surface area contributed by atoms with Crippen LogP contribution in [0.15, 0.2) is 18.2 Å². The average molecular weight is 279 g/mol. The lowest BCUT2D eigenvalue weighted by Crippen LogP contribution is -2.05. The molecule has 1 saturated carbocycles. The van der Waals surface area contributed by atoms with Gasteiger partial charge in [0.15, 0.2) is 0 Å². The molecule has 2 unspecified atom stereocenters. The molecule has 100 valence electrons. The maximum atomic E-state index is 11.0. The second-order valence-electron chi connectivity index (χ2n) is 5.04. The van der Waals surface area contributed by atoms with Crippen molar-refractivity contribution in [1.82, 2.24) is 9.55 Å². The van der Waals surface area contributed by atoms with Crippen molar-refractivity contribution in [3.05, 3.63) is 29.0 Å². The van der Waals surface area contributed by atoms with E-state index in [1.54, 1.807) is 0 Å². The molecule has 1 aliphatic rings. The van der Waals surface area contributed by atoms with Gasteiger partial charge >= 0.3 is 5.97 Å². The Bertz CT molecular complexity index is 650. The maximum Gasteiger partial charge on any atom is 0.307 e. The van der Waals surface area contributed by atoms with Crippen molar-refractivity contribution in [2.24, 2.45) is 5.92 Å². The fourth-order valence-electron chi connectivity index (χ4n) is 2.62. The van der Waals surface area contributed by atoms with Crippen LogP contribution in [0.2, 0.25) is 5.02 Å². The zero-order chi connectivity index (χ0) is 13.6. The molecule has 1 aromatic heterocycles. The Kier molecular flexibility index (Phi) is 2.97. The first-order valence-corrected chi connectivity index (χ1v) is 6.88. The van der Waals surface area contributed by atoms with Gasteiger partial charge in [-0.1, -0.05) is 18.5 Å². The molecule has 2 aromatic rings. The third kappa shape index (κ3) is 2.10. The SMILES string of the molecule is CCCn1c(C2CC2C(=O)O)nc2cc(Cl)ccc21. The number of carboxylic acid groups (broad SMARTS) is 1. The van der Waals surface area contributed by atoms with Gasteiger partial charge < -0.3 is 9.67 Å². The van der Waals surface area contributed by atoms with Gasteiger partial charge in [0, 0.05) is 17.5 Å². The highest BCUT2D eigenvalue weighted by Gasteiger charge is 2.47. The smallest absolute Gasteiger partial charge is 0.307 e. The van der Waals surface area contributed by atoms with Crippen LogP contribution in [0.5, 0.6) is 0 Å². The van der Waals surface area contributed by atoms with E-state index >= 15 is 0 Å². The van der Waals surface area contributed by atoms with Crippen LogP contribution in [-0.4, -0.2) is 20.6 Å². The molecule has 19 heavy (non-hydrogen) atoms. The second kappa shape index (κ2) is 4.53. The topological polar surface area (TPSA) is 55.1 Å². The number of hydrogen-bond donors (Lipinski definition) is 1. The minimum atomic E-state index is -0.724. The highest BCUT2D eigenvalue weighted by atomic mass is 35.5. The Morgan fingerprint density at radius 2 is 2.37 bits per heavy atom. The predicted molar refractivity (Wildman–Crippen MR) is 73.5 cm³/mol. The van der Waals surface area contributed by atoms with Crippen LogP contribution in [-0.2, 0) is 11.3 Å². The van der Waals surface area contributed by atoms with Crippen LogP contribution in [0.25, 0.3) is 11.0 Å². The maximum absolute atomic E-state index is 11.0. The molecule has 0 bridgehead atoms. The molecule has 0 aliphatic heterocycles. The van der Waals surface area contributed by atoms with Crippen molar-refractivity contribution < 1.29 is 9.90 Å². The summed E-state index contributed by atoms with van der Waals surface area (Å²) in [4.78, 5) is 15.6. The monoisotopic (exact) mass is 278 g/mol. The van der Waals surface area contributed by atoms with E-state index in [-0.39, 0.29) is 11.8 Å². The summed E-state index contributed by atoms with van der Waals surface area (Å²) in [7, 11) is 0. The summed E-state index contributed by atoms with van der Waals surface area (Å²) in [6.07, 6.45) is 1.68. The molecule has 1 aliphatic carbocycles. The molecule has 0 radical (unpaired) electrons. The lowest BCUT2D eigenvalue weighted by atomic mass is 10.3. The molecule has 2 atom stereocenters. The van der Waals surface area contributed by atoms with E-state index < -0.39 is 5.97 Å². The number of imidazole rings is 1. The molecule has 5 heteroatoms. The minimum Gasteiger partial charge on any atom is -0.481 e. The van der Waals surface area contributed by atoms with Crippen LogP contribution in [0, 0.1) is 5.92 Å². The van der Waals surface area contributed by atoms with Crippen LogP contribution in [0.1, 0.15) is 31.5 Å². The van der Waals surface area contributed by atoms with Gasteiger partial charge in [0.05, 0.1) is 17.0 Å². The van der Waals surface area contributed by atoms with E-state index in [2.05, 4.69) is 16.5 Å². The normalized spacial score (nSPS) is 21.8. The molecule has 1 heterocycles. The number of rotatable bonds is 4. The molecule has 1 N–H and O–H groups in total. The van der Waals surface area contributed by atoms with Crippen molar-refractivity contribution in [3.8, 4) is 0 Å². The average Bonchev–Trinajstić information content (AvgIpc) is 3.08. The van der Waals surface area contributed by atoms with Gasteiger partial charge in [-0.25, -0.2) is 4.98 Å². The first-order chi connectivity index (χ1) is 9.11. The number of benzene rings is 1. The molecular weight excluding hydrogens is 264 g/mol. The van der Waals surface area contributed by atoms with Crippen molar-refractivity contribution in [2.45, 2.75) is 32.2 Å². The molecule has 0 spiro atoms. The van der Waals surface area contributed by atoms with Crippen molar-refractivity contribution in [2.75, 3.05) is 0 Å². The van der Waals surface area contributed by atoms with Gasteiger partial charge in [0.1, 0.15) is 5.82 Å². The van der Waals surface area contributed by atoms with Gasteiger partial charge in [-0.15, -0.1) is 0 Å². The van der Waals surface area contributed by atoms with Crippen molar-refractivity contribution in [1.29, 1.82) is 0 Å². The van der Waals surface area contributed by atoms with Gasteiger partial charge in [0.25, 0.3) is 0 Å². The van der Waals surface area contributed by atoms with E-state index in [4.69, 9.17) is 16.7 Å². The number of carboxylic acids is 1. The van der Waals surface area contributed by atoms with Gasteiger partial charge in [-0.05, 0) is 31.0 Å². The Labute approximate surface area is 116 Å². The molecular formula is C14H15ClN2O2. The fourth-order valence-corrected chi connectivity index (χ4v) is 2.78. The summed E-state index contributed by atoms with van der Waals surface area (Å²) in [5.41, 5.74) is 1.89. The second-order valence-corrected chi connectivity index (χ2v) is 5.48. The lowest BCUT2D eigenvalue weighted by Gasteiger charge is -2.06. The van der Waals surface area contributed by atoms with Crippen LogP contribution in [0.4, 0.5) is 0 Å². The number of aryl methyl sites for hydroxylation is 1. The molecule has 3 rings (SSSR count). The van der Waals surface area contributed by atoms with E-state index in [0.717, 1.165) is 29.8 Å². The molecule has 1 aromatic carbocycles. The number of halogens is 1. The van der Waals surface area contributed by atoms with E-state index in [1.807, 2.05) is 18.2 Å². The van der Waals surface area contributed by atoms with E-state index in [9.17, 15) is 4.79 Å². The van der Waals surface area contributed by atoms with Gasteiger partial charge in [0.2, 0.25) is 0 Å². The Balaban J connectivity index is 2.08. The van der Waals surface area contributed by atoms with Crippen LogP contribution < -0.4 is 0 Å². The zero-order valence-corrected chi connectivity index (χ0v) is 11.4. The molecule has 0 saturated heterocycles. The van der Waals surface area contributed by atoms with Crippen LogP contribution >= 0.6 is 11.6 Å². The number of aromatic nitrogens is 2. The summed E-state index contributed by atoms with van der Waals surface area (Å²) < 4.78 is 2.14. The third-order valence-electron chi connectivity index (χ3n) is 3.63. The highest BCUT2D eigenvalue weighted by Crippen LogP contribution is 2.47. The van der Waals surface area contributed by atoms with E-state index in [1.165, 1.54) is 0 Å². The van der Waals surface area contributed by atoms with Crippen molar-refractivity contribution in [3.63, 3.8) is 0 Å². The van der Waals surface area contributed by atoms with Crippen LogP contribution in [0.3, 0.4) is 0 Å². The summed E-state index contributed by atoms with van der Waals surface area (Å²) in [6.45, 7) is 2.96. The largest absolute Gasteiger partial charge is 0.481 e. The lowest BCUT2D eigenvalue weighted by molar-refractivity contribution is -0.138. The minimum absolute atomic E-state index is 0.0511. The van der Waals surface area contributed by atoms with Gasteiger partial charge in [-0.3, -0.25) is 4.79 Å². The summed E-state index contributed by atoms with van der Waals surface area (Å²) in [6, 6.07) is 5.65. The first-order valence-electron chi connectivity index (χ1n) is 6.50. The zero-order valence-electron chi connectivity index (χ0n) is 10.6. The van der Waals surface area contributed by atoms with E-state index in [0.29, 0.717) is 11.4 Å². The molecule has 4 nitrogen and oxygen atoms in total. The predicted octanol–water partition coefficient (Wildman–Crippen LogP) is 3.29. The number of hydrogen-bond acceptors (Lipinski definition) is 2. The summed E-state index contributed by atoms with van der Waals surface area (Å²) >= 11 is 5.99. The Morgan fingerprint density at radius 1 is 1.58 bits per heavy atom. The fraction of sp³-hybridized carbons (Fsp3) is 0.429.